The van der Waals surface area contributed by atoms with Crippen LogP contribution in [0.25, 0.3) is 10.8 Å². The third-order valence-electron chi connectivity index (χ3n) is 3.72. The van der Waals surface area contributed by atoms with Crippen LogP contribution in [0.2, 0.25) is 5.02 Å². The molecular weight excluding hydrogens is 285 g/mol. The van der Waals surface area contributed by atoms with Gasteiger partial charge in [-0.15, -0.1) is 0 Å². The Bertz CT molecular complexity index is 785. The van der Waals surface area contributed by atoms with Gasteiger partial charge < -0.3 is 5.32 Å². The summed E-state index contributed by atoms with van der Waals surface area (Å²) in [5.41, 5.74) is 2.00. The van der Waals surface area contributed by atoms with Gasteiger partial charge in [0.15, 0.2) is 0 Å². The molecule has 3 aromatic carbocycles. The second-order valence-corrected chi connectivity index (χ2v) is 5.33. The Kier molecular flexibility index (Phi) is 3.91. The van der Waals surface area contributed by atoms with E-state index in [1.165, 1.54) is 6.07 Å². The summed E-state index contributed by atoms with van der Waals surface area (Å²) in [7, 11) is 1.88. The average Bonchev–Trinajstić information content (AvgIpc) is 2.52. The van der Waals surface area contributed by atoms with Gasteiger partial charge in [-0.05, 0) is 35.7 Å². The van der Waals surface area contributed by atoms with Crippen molar-refractivity contribution in [3.63, 3.8) is 0 Å². The zero-order valence-corrected chi connectivity index (χ0v) is 12.4. The molecule has 0 radical (unpaired) electrons. The smallest absolute Gasteiger partial charge is 0.131 e. The van der Waals surface area contributed by atoms with E-state index in [9.17, 15) is 4.39 Å². The monoisotopic (exact) mass is 299 g/mol. The van der Waals surface area contributed by atoms with E-state index in [2.05, 4.69) is 5.32 Å². The molecule has 0 bridgehead atoms. The van der Waals surface area contributed by atoms with Crippen molar-refractivity contribution >= 4 is 22.4 Å². The van der Waals surface area contributed by atoms with Crippen molar-refractivity contribution in [2.24, 2.45) is 0 Å². The van der Waals surface area contributed by atoms with Crippen LogP contribution in [0.5, 0.6) is 0 Å². The molecule has 1 atom stereocenters. The maximum atomic E-state index is 14.0. The number of hydrogen-bond donors (Lipinski definition) is 1. The molecule has 106 valence electrons. The standard InChI is InChI=1S/C18H15ClFN/c1-21-18(15-8-4-5-9-16(15)19)14-10-11-17(20)13-7-3-2-6-12(13)14/h2-11,18,21H,1H3. The third-order valence-corrected chi connectivity index (χ3v) is 4.06. The van der Waals surface area contributed by atoms with Crippen molar-refractivity contribution in [3.05, 3.63) is 82.6 Å². The summed E-state index contributed by atoms with van der Waals surface area (Å²) in [6, 6.07) is 18.5. The van der Waals surface area contributed by atoms with Gasteiger partial charge in [0.2, 0.25) is 0 Å². The van der Waals surface area contributed by atoms with Crippen molar-refractivity contribution in [1.82, 2.24) is 5.32 Å². The first-order valence-corrected chi connectivity index (χ1v) is 7.19. The molecule has 0 heterocycles. The lowest BCUT2D eigenvalue weighted by Gasteiger charge is -2.20. The molecule has 3 aromatic rings. The van der Waals surface area contributed by atoms with Crippen LogP contribution in [0.15, 0.2) is 60.7 Å². The molecule has 3 rings (SSSR count). The molecular formula is C18H15ClFN. The maximum Gasteiger partial charge on any atom is 0.131 e. The fraction of sp³-hybridized carbons (Fsp3) is 0.111. The van der Waals surface area contributed by atoms with Gasteiger partial charge >= 0.3 is 0 Å². The highest BCUT2D eigenvalue weighted by Crippen LogP contribution is 2.33. The van der Waals surface area contributed by atoms with Gasteiger partial charge in [0.25, 0.3) is 0 Å². The zero-order chi connectivity index (χ0) is 14.8. The number of benzene rings is 3. The van der Waals surface area contributed by atoms with Gasteiger partial charge in [-0.3, -0.25) is 0 Å². The second kappa shape index (κ2) is 5.84. The van der Waals surface area contributed by atoms with E-state index in [4.69, 9.17) is 11.6 Å². The van der Waals surface area contributed by atoms with Crippen LogP contribution < -0.4 is 5.32 Å². The maximum absolute atomic E-state index is 14.0. The SMILES string of the molecule is CNC(c1ccccc1Cl)c1ccc(F)c2ccccc12. The van der Waals surface area contributed by atoms with Crippen LogP contribution in [0.3, 0.4) is 0 Å². The first-order valence-electron chi connectivity index (χ1n) is 6.81. The van der Waals surface area contributed by atoms with E-state index in [0.717, 1.165) is 16.5 Å². The zero-order valence-electron chi connectivity index (χ0n) is 11.6. The van der Waals surface area contributed by atoms with Crippen LogP contribution in [0.1, 0.15) is 17.2 Å². The lowest BCUT2D eigenvalue weighted by molar-refractivity contribution is 0.637. The minimum Gasteiger partial charge on any atom is -0.309 e. The van der Waals surface area contributed by atoms with Crippen molar-refractivity contribution in [3.8, 4) is 0 Å². The van der Waals surface area contributed by atoms with Crippen molar-refractivity contribution in [1.29, 1.82) is 0 Å². The Morgan fingerprint density at radius 3 is 2.24 bits per heavy atom. The molecule has 0 aliphatic heterocycles. The highest BCUT2D eigenvalue weighted by atomic mass is 35.5. The molecule has 1 unspecified atom stereocenters. The lowest BCUT2D eigenvalue weighted by Crippen LogP contribution is -2.18. The topological polar surface area (TPSA) is 12.0 Å². The Labute approximate surface area is 128 Å². The Hall–Kier alpha value is -1.90. The molecule has 0 aromatic heterocycles. The summed E-state index contributed by atoms with van der Waals surface area (Å²) in [4.78, 5) is 0. The normalized spacial score (nSPS) is 12.5. The Morgan fingerprint density at radius 2 is 1.52 bits per heavy atom. The Balaban J connectivity index is 2.23. The quantitative estimate of drug-likeness (QED) is 0.722. The van der Waals surface area contributed by atoms with Crippen LogP contribution in [-0.2, 0) is 0 Å². The summed E-state index contributed by atoms with van der Waals surface area (Å²) >= 11 is 6.32. The van der Waals surface area contributed by atoms with Gasteiger partial charge in [-0.2, -0.15) is 0 Å². The van der Waals surface area contributed by atoms with E-state index in [0.29, 0.717) is 10.4 Å². The predicted molar refractivity (Wildman–Crippen MR) is 86.3 cm³/mol. The highest BCUT2D eigenvalue weighted by Gasteiger charge is 2.18. The van der Waals surface area contributed by atoms with Gasteiger partial charge in [0.05, 0.1) is 6.04 Å². The minimum atomic E-state index is -0.205. The molecule has 0 aliphatic rings. The number of nitrogens with one attached hydrogen (secondary N) is 1. The second-order valence-electron chi connectivity index (χ2n) is 4.93. The lowest BCUT2D eigenvalue weighted by atomic mass is 9.93. The van der Waals surface area contributed by atoms with Crippen LogP contribution in [0.4, 0.5) is 4.39 Å². The molecule has 0 amide bonds. The summed E-state index contributed by atoms with van der Waals surface area (Å²) in [6.45, 7) is 0. The predicted octanol–water partition coefficient (Wildman–Crippen LogP) is 4.94. The largest absolute Gasteiger partial charge is 0.309 e. The third kappa shape index (κ3) is 2.53. The fourth-order valence-electron chi connectivity index (χ4n) is 2.73. The molecule has 1 N–H and O–H groups in total. The molecule has 0 spiro atoms. The summed E-state index contributed by atoms with van der Waals surface area (Å²) in [5.74, 6) is -0.205. The van der Waals surface area contributed by atoms with E-state index in [1.807, 2.05) is 55.6 Å². The first kappa shape index (κ1) is 14.1. The van der Waals surface area contributed by atoms with E-state index >= 15 is 0 Å². The van der Waals surface area contributed by atoms with Crippen molar-refractivity contribution in [2.45, 2.75) is 6.04 Å². The molecule has 1 nitrogen and oxygen atoms in total. The molecule has 21 heavy (non-hydrogen) atoms. The van der Waals surface area contributed by atoms with E-state index in [-0.39, 0.29) is 11.9 Å². The van der Waals surface area contributed by atoms with Gasteiger partial charge in [0, 0.05) is 10.4 Å². The van der Waals surface area contributed by atoms with Gasteiger partial charge in [0.1, 0.15) is 5.82 Å². The fourth-order valence-corrected chi connectivity index (χ4v) is 2.97. The average molecular weight is 300 g/mol. The minimum absolute atomic E-state index is 0.0794. The van der Waals surface area contributed by atoms with Crippen LogP contribution >= 0.6 is 11.6 Å². The van der Waals surface area contributed by atoms with Crippen molar-refractivity contribution in [2.75, 3.05) is 7.05 Å². The molecule has 0 saturated carbocycles. The number of rotatable bonds is 3. The summed E-state index contributed by atoms with van der Waals surface area (Å²) in [5, 5.41) is 5.51. The highest BCUT2D eigenvalue weighted by molar-refractivity contribution is 6.31. The van der Waals surface area contributed by atoms with Crippen LogP contribution in [-0.4, -0.2) is 7.05 Å². The molecule has 0 fully saturated rings. The van der Waals surface area contributed by atoms with Crippen molar-refractivity contribution < 1.29 is 4.39 Å². The molecule has 0 aliphatic carbocycles. The number of fused-ring (bicyclic) bond motifs is 1. The van der Waals surface area contributed by atoms with Crippen LogP contribution in [0, 0.1) is 5.82 Å². The van der Waals surface area contributed by atoms with E-state index < -0.39 is 0 Å². The molecule has 0 saturated heterocycles. The van der Waals surface area contributed by atoms with E-state index in [1.54, 1.807) is 6.07 Å². The molecule has 3 heteroatoms. The Morgan fingerprint density at radius 1 is 0.857 bits per heavy atom. The summed E-state index contributed by atoms with van der Waals surface area (Å²) in [6.07, 6.45) is 0. The summed E-state index contributed by atoms with van der Waals surface area (Å²) < 4.78 is 14.0. The number of halogens is 2. The van der Waals surface area contributed by atoms with Gasteiger partial charge in [-0.1, -0.05) is 60.1 Å². The number of hydrogen-bond acceptors (Lipinski definition) is 1. The first-order chi connectivity index (χ1) is 10.2. The van der Waals surface area contributed by atoms with Gasteiger partial charge in [-0.25, -0.2) is 4.39 Å².